The SMILES string of the molecule is C[C@H](O)[C@H]1[C@@H](C)Oc2c(Cl)c(-c3ccc(F)c4sc(N)c(C#N)c34)c(F)c3nc(OC[C@@]45CCCN4C[C@H](F)C5)nc(c23)N1CC(F)F. The highest BCUT2D eigenvalue weighted by Gasteiger charge is 2.49. The van der Waals surface area contributed by atoms with Gasteiger partial charge in [-0.25, -0.2) is 22.0 Å². The number of nitriles is 1. The maximum atomic E-state index is 17.1. The number of fused-ring (bicyclic) bond motifs is 2. The molecule has 3 aliphatic rings. The van der Waals surface area contributed by atoms with Crippen LogP contribution in [-0.2, 0) is 0 Å². The maximum absolute atomic E-state index is 17.1. The van der Waals surface area contributed by atoms with E-state index < -0.39 is 60.1 Å². The molecule has 5 atom stereocenters. The monoisotopic (exact) mass is 708 g/mol. The first-order chi connectivity index (χ1) is 22.8. The fraction of sp³-hybridized carbons (Fsp3) is 0.469. The highest BCUT2D eigenvalue weighted by Crippen LogP contribution is 2.52. The molecular formula is C32H30ClF5N6O3S. The fourth-order valence-electron chi connectivity index (χ4n) is 7.67. The number of alkyl halides is 3. The van der Waals surface area contributed by atoms with Crippen LogP contribution in [0.3, 0.4) is 0 Å². The molecule has 4 aromatic rings. The molecule has 2 saturated heterocycles. The molecule has 2 fully saturated rings. The van der Waals surface area contributed by atoms with Crippen LogP contribution in [-0.4, -0.2) is 82.6 Å². The van der Waals surface area contributed by atoms with E-state index in [0.717, 1.165) is 28.7 Å². The number of aromatic nitrogens is 2. The van der Waals surface area contributed by atoms with E-state index in [-0.39, 0.29) is 79.3 Å². The van der Waals surface area contributed by atoms with Crippen LogP contribution < -0.4 is 20.1 Å². The van der Waals surface area contributed by atoms with Crippen LogP contribution in [0.4, 0.5) is 32.8 Å². The zero-order valence-corrected chi connectivity index (χ0v) is 27.3. The number of ether oxygens (including phenoxy) is 2. The zero-order chi connectivity index (χ0) is 34.2. The number of halogens is 6. The van der Waals surface area contributed by atoms with Crippen molar-refractivity contribution in [2.24, 2.45) is 0 Å². The van der Waals surface area contributed by atoms with Gasteiger partial charge in [0.25, 0.3) is 6.43 Å². The topological polar surface area (TPSA) is 121 Å². The lowest BCUT2D eigenvalue weighted by Crippen LogP contribution is -2.52. The third-order valence-electron chi connectivity index (χ3n) is 9.62. The van der Waals surface area contributed by atoms with Gasteiger partial charge in [-0.3, -0.25) is 4.90 Å². The van der Waals surface area contributed by atoms with Crippen molar-refractivity contribution in [2.75, 3.05) is 36.9 Å². The van der Waals surface area contributed by atoms with Gasteiger partial charge in [-0.05, 0) is 44.9 Å². The molecule has 0 spiro atoms. The number of anilines is 2. The minimum atomic E-state index is -2.90. The van der Waals surface area contributed by atoms with E-state index in [1.165, 1.54) is 13.0 Å². The fourth-order valence-corrected chi connectivity index (χ4v) is 8.94. The minimum absolute atomic E-state index is 0.00467. The Labute approximate surface area is 280 Å². The molecule has 0 amide bonds. The van der Waals surface area contributed by atoms with E-state index in [9.17, 15) is 27.9 Å². The smallest absolute Gasteiger partial charge is 0.319 e. The van der Waals surface area contributed by atoms with Crippen molar-refractivity contribution in [1.82, 2.24) is 14.9 Å². The van der Waals surface area contributed by atoms with Gasteiger partial charge in [0.05, 0.1) is 44.9 Å². The number of aliphatic hydroxyl groups is 1. The van der Waals surface area contributed by atoms with E-state index in [1.807, 2.05) is 11.0 Å². The van der Waals surface area contributed by atoms with Gasteiger partial charge in [-0.15, -0.1) is 11.3 Å². The molecule has 0 bridgehead atoms. The molecular weight excluding hydrogens is 679 g/mol. The van der Waals surface area contributed by atoms with Gasteiger partial charge >= 0.3 is 6.01 Å². The number of nitrogens with two attached hydrogens (primary N) is 1. The van der Waals surface area contributed by atoms with E-state index >= 15 is 4.39 Å². The van der Waals surface area contributed by atoms with Gasteiger partial charge in [-0.2, -0.15) is 15.2 Å². The highest BCUT2D eigenvalue weighted by atomic mass is 35.5. The Morgan fingerprint density at radius 3 is 2.77 bits per heavy atom. The van der Waals surface area contributed by atoms with Crippen molar-refractivity contribution in [3.05, 3.63) is 34.4 Å². The number of hydrogen-bond acceptors (Lipinski definition) is 10. The molecule has 254 valence electrons. The molecule has 16 heteroatoms. The Bertz CT molecular complexity index is 1990. The molecule has 5 heterocycles. The Morgan fingerprint density at radius 2 is 2.06 bits per heavy atom. The van der Waals surface area contributed by atoms with Gasteiger partial charge < -0.3 is 25.2 Å². The minimum Gasteiger partial charge on any atom is -0.486 e. The number of benzene rings is 2. The predicted octanol–water partition coefficient (Wildman–Crippen LogP) is 6.45. The second-order valence-corrected chi connectivity index (χ2v) is 14.0. The van der Waals surface area contributed by atoms with Crippen molar-refractivity contribution in [3.8, 4) is 29.0 Å². The summed E-state index contributed by atoms with van der Waals surface area (Å²) in [5.74, 6) is -2.08. The summed E-state index contributed by atoms with van der Waals surface area (Å²) in [6.45, 7) is 2.95. The molecule has 0 unspecified atom stereocenters. The summed E-state index contributed by atoms with van der Waals surface area (Å²) in [5.41, 5.74) is 4.66. The van der Waals surface area contributed by atoms with Crippen molar-refractivity contribution in [1.29, 1.82) is 5.26 Å². The first-order valence-electron chi connectivity index (χ1n) is 15.4. The summed E-state index contributed by atoms with van der Waals surface area (Å²) < 4.78 is 87.2. The number of rotatable bonds is 7. The van der Waals surface area contributed by atoms with Crippen molar-refractivity contribution >= 4 is 54.7 Å². The molecule has 48 heavy (non-hydrogen) atoms. The lowest BCUT2D eigenvalue weighted by Gasteiger charge is -2.36. The largest absolute Gasteiger partial charge is 0.486 e. The number of aliphatic hydroxyl groups excluding tert-OH is 1. The maximum Gasteiger partial charge on any atom is 0.319 e. The molecule has 3 N–H and O–H groups in total. The molecule has 2 aromatic heterocycles. The van der Waals surface area contributed by atoms with Crippen LogP contribution in [0.2, 0.25) is 5.02 Å². The normalized spacial score (nSPS) is 24.6. The summed E-state index contributed by atoms with van der Waals surface area (Å²) >= 11 is 7.75. The summed E-state index contributed by atoms with van der Waals surface area (Å²) in [7, 11) is 0. The standard InChI is InChI=1S/C32H30ClF5N6O3S/c1-13(45)26-14(2)47-27-22-25(24(38)21(23(27)33)16-4-5-18(35)28-20(16)17(9-39)29(40)48-28)41-31(42-30(22)44(26)11-19(36)37)46-12-32-6-3-7-43(32)10-15(34)8-32/h4-5,13-15,19,26,45H,3,6-8,10-12,40H2,1-2H3/t13-,14+,15+,26-,32-/m0/s1. The van der Waals surface area contributed by atoms with Crippen LogP contribution in [0.15, 0.2) is 12.1 Å². The number of thiophene rings is 1. The summed E-state index contributed by atoms with van der Waals surface area (Å²) in [4.78, 5) is 12.0. The first kappa shape index (κ1) is 32.8. The van der Waals surface area contributed by atoms with Gasteiger partial charge in [-0.1, -0.05) is 17.7 Å². The summed E-state index contributed by atoms with van der Waals surface area (Å²) in [6, 6.07) is 2.84. The Kier molecular flexibility index (Phi) is 8.21. The van der Waals surface area contributed by atoms with Gasteiger partial charge in [0, 0.05) is 23.9 Å². The van der Waals surface area contributed by atoms with Gasteiger partial charge in [0.15, 0.2) is 11.6 Å². The number of nitrogen functional groups attached to an aromatic ring is 1. The predicted molar refractivity (Wildman–Crippen MR) is 172 cm³/mol. The van der Waals surface area contributed by atoms with Crippen LogP contribution >= 0.6 is 22.9 Å². The van der Waals surface area contributed by atoms with E-state index in [2.05, 4.69) is 9.97 Å². The lowest BCUT2D eigenvalue weighted by atomic mass is 9.95. The van der Waals surface area contributed by atoms with E-state index in [4.69, 9.17) is 26.8 Å². The molecule has 9 nitrogen and oxygen atoms in total. The quantitative estimate of drug-likeness (QED) is 0.209. The Balaban J connectivity index is 1.50. The van der Waals surface area contributed by atoms with Crippen molar-refractivity contribution in [3.63, 3.8) is 0 Å². The zero-order valence-electron chi connectivity index (χ0n) is 25.7. The van der Waals surface area contributed by atoms with Gasteiger partial charge in [0.1, 0.15) is 47.1 Å². The third-order valence-corrected chi connectivity index (χ3v) is 11.0. The van der Waals surface area contributed by atoms with Crippen LogP contribution in [0.1, 0.15) is 38.7 Å². The Hall–Kier alpha value is -3.71. The van der Waals surface area contributed by atoms with Crippen LogP contribution in [0.5, 0.6) is 11.8 Å². The molecule has 7 rings (SSSR count). The Morgan fingerprint density at radius 1 is 1.29 bits per heavy atom. The van der Waals surface area contributed by atoms with Crippen LogP contribution in [0.25, 0.3) is 32.1 Å². The van der Waals surface area contributed by atoms with Gasteiger partial charge in [0.2, 0.25) is 0 Å². The van der Waals surface area contributed by atoms with E-state index in [1.54, 1.807) is 6.92 Å². The summed E-state index contributed by atoms with van der Waals surface area (Å²) in [6.07, 6.45) is -4.47. The lowest BCUT2D eigenvalue weighted by molar-refractivity contribution is 0.0757. The van der Waals surface area contributed by atoms with Crippen molar-refractivity contribution < 1.29 is 36.5 Å². The molecule has 2 aromatic carbocycles. The van der Waals surface area contributed by atoms with Crippen LogP contribution in [0, 0.1) is 23.0 Å². The molecule has 3 aliphatic heterocycles. The highest BCUT2D eigenvalue weighted by molar-refractivity contribution is 7.23. The molecule has 0 saturated carbocycles. The molecule has 0 aliphatic carbocycles. The van der Waals surface area contributed by atoms with Crippen molar-refractivity contribution in [2.45, 2.75) is 69.5 Å². The average Bonchev–Trinajstić information content (AvgIpc) is 3.64. The second kappa shape index (κ2) is 12.0. The summed E-state index contributed by atoms with van der Waals surface area (Å²) in [5, 5.41) is 20.3. The average molecular weight is 709 g/mol. The third kappa shape index (κ3) is 5.07. The number of hydrogen-bond donors (Lipinski definition) is 2. The number of nitrogens with zero attached hydrogens (tertiary/aromatic N) is 5. The second-order valence-electron chi connectivity index (χ2n) is 12.6. The molecule has 0 radical (unpaired) electrons. The van der Waals surface area contributed by atoms with E-state index in [0.29, 0.717) is 13.0 Å². The first-order valence-corrected chi connectivity index (χ1v) is 16.6.